The summed E-state index contributed by atoms with van der Waals surface area (Å²) in [6, 6.07) is 6.88. The van der Waals surface area contributed by atoms with Crippen molar-refractivity contribution in [2.75, 3.05) is 25.4 Å². The number of alkyl halides is 6. The first-order chi connectivity index (χ1) is 34.5. The minimum absolute atomic E-state index is 0.0441. The van der Waals surface area contributed by atoms with Gasteiger partial charge in [-0.2, -0.15) is 26.3 Å². The number of ketones is 7. The van der Waals surface area contributed by atoms with E-state index in [2.05, 4.69) is 9.89 Å². The van der Waals surface area contributed by atoms with Gasteiger partial charge in [0.1, 0.15) is 18.4 Å². The maximum atomic E-state index is 12.8. The number of benzene rings is 3. The minimum Gasteiger partial charge on any atom is -0.367 e. The third-order valence-electron chi connectivity index (χ3n) is 11.5. The van der Waals surface area contributed by atoms with Crippen molar-refractivity contribution in [3.63, 3.8) is 0 Å². The predicted molar refractivity (Wildman–Crippen MR) is 246 cm³/mol. The fourth-order valence-corrected chi connectivity index (χ4v) is 10.6. The molecule has 4 aromatic rings. The highest BCUT2D eigenvalue weighted by molar-refractivity contribution is 7.91. The lowest BCUT2D eigenvalue weighted by molar-refractivity contribution is -0.385. The lowest BCUT2D eigenvalue weighted by Gasteiger charge is -2.20. The quantitative estimate of drug-likeness (QED) is 0.0394. The van der Waals surface area contributed by atoms with E-state index >= 15 is 0 Å². The standard InChI is InChI=1S/C17H16ClF3O6S.C15H12F3NO4S.C14H13NO7S/c1-28(25,26)13-6-5-9(15(18)10(13)7-27-8-17(19,20)21)16(24)14-11(22)3-2-4-12(14)23;1-24(21,22)12-6-9(15(16,17)18)4-5-10(12)13(20)11-7-19-23-14(11)8-2-3-8;1-23(21,22)8-5-6-9(10(7-8)15(19)20)14(18)13-11(16)3-2-4-12(13)17/h5-6,14H,2-4,7-8H2,1H3;4-8H,2-3H2,1H3;5-7,13H,2-4H2,1H3. The second-order valence-electron chi connectivity index (χ2n) is 17.3. The Kier molecular flexibility index (Phi) is 18.1. The van der Waals surface area contributed by atoms with Crippen molar-refractivity contribution >= 4 is 87.3 Å². The number of aromatic nitrogens is 1. The average molecular weight is 1140 g/mol. The lowest BCUT2D eigenvalue weighted by atomic mass is 9.81. The van der Waals surface area contributed by atoms with E-state index in [1.165, 1.54) is 6.20 Å². The van der Waals surface area contributed by atoms with Gasteiger partial charge in [0.25, 0.3) is 5.69 Å². The molecule has 3 aromatic carbocycles. The fourth-order valence-electron chi connectivity index (χ4n) is 7.75. The van der Waals surface area contributed by atoms with Gasteiger partial charge in [-0.25, -0.2) is 25.3 Å². The molecule has 0 N–H and O–H groups in total. The van der Waals surface area contributed by atoms with Crippen LogP contribution in [0, 0.1) is 22.0 Å². The van der Waals surface area contributed by atoms with Gasteiger partial charge in [-0.15, -0.1) is 0 Å². The lowest BCUT2D eigenvalue weighted by Crippen LogP contribution is -2.35. The maximum Gasteiger partial charge on any atom is 0.416 e. The van der Waals surface area contributed by atoms with Gasteiger partial charge in [-0.3, -0.25) is 43.7 Å². The number of nitro groups is 1. The van der Waals surface area contributed by atoms with E-state index in [1.54, 1.807) is 0 Å². The Morgan fingerprint density at radius 3 is 1.65 bits per heavy atom. The number of rotatable bonds is 14. The van der Waals surface area contributed by atoms with Crippen LogP contribution in [0.25, 0.3) is 0 Å². The number of carbonyl (C=O) groups excluding carboxylic acids is 7. The van der Waals surface area contributed by atoms with Gasteiger partial charge < -0.3 is 9.26 Å². The topological polar surface area (TPSA) is 300 Å². The van der Waals surface area contributed by atoms with E-state index < -0.39 is 144 Å². The smallest absolute Gasteiger partial charge is 0.367 e. The van der Waals surface area contributed by atoms with E-state index in [4.69, 9.17) is 16.1 Å². The second-order valence-corrected chi connectivity index (χ2v) is 23.7. The zero-order chi connectivity index (χ0) is 56.3. The summed E-state index contributed by atoms with van der Waals surface area (Å²) >= 11 is 6.11. The molecule has 404 valence electrons. The van der Waals surface area contributed by atoms with Crippen molar-refractivity contribution in [3.8, 4) is 0 Å². The summed E-state index contributed by atoms with van der Waals surface area (Å²) in [5.74, 6) is -7.53. The number of nitro benzene ring substituents is 1. The number of carbonyl (C=O) groups is 7. The summed E-state index contributed by atoms with van der Waals surface area (Å²) in [6.07, 6.45) is -3.18. The van der Waals surface area contributed by atoms with E-state index in [-0.39, 0.29) is 58.8 Å². The van der Waals surface area contributed by atoms with Crippen LogP contribution in [-0.4, -0.2) is 107 Å². The SMILES string of the molecule is CS(=O)(=O)c1cc(C(F)(F)F)ccc1C(=O)c1cnoc1C1CC1.CS(=O)(=O)c1ccc(C(=O)C2C(=O)CCCC2=O)c(Cl)c1COCC(F)(F)F.CS(=O)(=O)c1ccc(C(=O)C2C(=O)CCCC2=O)c([N+](=O)[O-])c1. The van der Waals surface area contributed by atoms with Crippen molar-refractivity contribution in [2.45, 2.75) is 90.9 Å². The highest BCUT2D eigenvalue weighted by Crippen LogP contribution is 2.43. The molecular formula is C46H41ClF6N2O17S3. The molecule has 1 aromatic heterocycles. The molecule has 0 spiro atoms. The van der Waals surface area contributed by atoms with Gasteiger partial charge in [0.05, 0.1) is 54.1 Å². The molecule has 0 amide bonds. The molecule has 0 unspecified atom stereocenters. The zero-order valence-corrected chi connectivity index (χ0v) is 42.4. The van der Waals surface area contributed by atoms with Gasteiger partial charge in [-0.05, 0) is 68.1 Å². The van der Waals surface area contributed by atoms with E-state index in [0.29, 0.717) is 30.7 Å². The number of nitrogens with zero attached hydrogens (tertiary/aromatic N) is 2. The maximum absolute atomic E-state index is 12.8. The molecule has 19 nitrogen and oxygen atoms in total. The summed E-state index contributed by atoms with van der Waals surface area (Å²) in [6.45, 7) is -2.47. The first kappa shape index (κ1) is 59.5. The Balaban J connectivity index is 0.000000209. The molecular weight excluding hydrogens is 1100 g/mol. The van der Waals surface area contributed by atoms with Crippen molar-refractivity contribution in [1.29, 1.82) is 0 Å². The van der Waals surface area contributed by atoms with Crippen LogP contribution < -0.4 is 0 Å². The van der Waals surface area contributed by atoms with Crippen LogP contribution >= 0.6 is 11.6 Å². The zero-order valence-electron chi connectivity index (χ0n) is 39.2. The first-order valence-corrected chi connectivity index (χ1v) is 27.8. The fraction of sp³-hybridized carbons (Fsp3) is 0.391. The molecule has 3 aliphatic carbocycles. The van der Waals surface area contributed by atoms with Crippen molar-refractivity contribution in [1.82, 2.24) is 5.16 Å². The van der Waals surface area contributed by atoms with Crippen molar-refractivity contribution in [2.24, 2.45) is 11.8 Å². The molecule has 3 fully saturated rings. The Bertz CT molecular complexity index is 3340. The summed E-state index contributed by atoms with van der Waals surface area (Å²) in [7, 11) is -11.6. The largest absolute Gasteiger partial charge is 0.416 e. The number of Topliss-reactive ketones (excluding diaryl/α,β-unsaturated/α-hetero) is 6. The molecule has 7 rings (SSSR count). The summed E-state index contributed by atoms with van der Waals surface area (Å²) < 4.78 is 156. The Labute approximate surface area is 427 Å². The second kappa shape index (κ2) is 22.9. The van der Waals surface area contributed by atoms with E-state index in [9.17, 15) is 95.3 Å². The van der Waals surface area contributed by atoms with Crippen molar-refractivity contribution in [3.05, 3.63) is 109 Å². The van der Waals surface area contributed by atoms with Crippen LogP contribution in [0.4, 0.5) is 32.0 Å². The van der Waals surface area contributed by atoms with Crippen LogP contribution in [0.3, 0.4) is 0 Å². The normalized spacial score (nSPS) is 16.1. The van der Waals surface area contributed by atoms with Gasteiger partial charge >= 0.3 is 12.4 Å². The molecule has 75 heavy (non-hydrogen) atoms. The highest BCUT2D eigenvalue weighted by Gasteiger charge is 2.41. The Morgan fingerprint density at radius 1 is 0.707 bits per heavy atom. The number of sulfone groups is 3. The summed E-state index contributed by atoms with van der Waals surface area (Å²) in [4.78, 5) is 94.2. The van der Waals surface area contributed by atoms with Crippen LogP contribution in [0.5, 0.6) is 0 Å². The molecule has 0 bridgehead atoms. The number of hydrogen-bond acceptors (Lipinski definition) is 18. The summed E-state index contributed by atoms with van der Waals surface area (Å²) in [5, 5.41) is 14.2. The third kappa shape index (κ3) is 14.7. The van der Waals surface area contributed by atoms with E-state index in [0.717, 1.165) is 68.0 Å². The molecule has 0 atom stereocenters. The van der Waals surface area contributed by atoms with Gasteiger partial charge in [0, 0.05) is 73.1 Å². The van der Waals surface area contributed by atoms with Crippen molar-refractivity contribution < 1.29 is 99.3 Å². The highest BCUT2D eigenvalue weighted by atomic mass is 35.5. The predicted octanol–water partition coefficient (Wildman–Crippen LogP) is 7.27. The number of hydrogen-bond donors (Lipinski definition) is 0. The average Bonchev–Trinajstić information content (AvgIpc) is 4.02. The molecule has 3 saturated carbocycles. The van der Waals surface area contributed by atoms with Crippen LogP contribution in [0.2, 0.25) is 5.02 Å². The molecule has 0 saturated heterocycles. The number of ether oxygens (including phenoxy) is 1. The molecule has 0 aliphatic heterocycles. The van der Waals surface area contributed by atoms with E-state index in [1.807, 2.05) is 0 Å². The number of halogens is 7. The first-order valence-electron chi connectivity index (χ1n) is 21.8. The van der Waals surface area contributed by atoms with Crippen LogP contribution in [0.15, 0.2) is 73.9 Å². The molecule has 29 heteroatoms. The molecule has 0 radical (unpaired) electrons. The van der Waals surface area contributed by atoms with Gasteiger partial charge in [0.2, 0.25) is 0 Å². The van der Waals surface area contributed by atoms with Crippen LogP contribution in [0.1, 0.15) is 111 Å². The van der Waals surface area contributed by atoms with Crippen LogP contribution in [-0.2, 0) is 66.2 Å². The Hall–Kier alpha value is -6.36. The molecule has 1 heterocycles. The minimum atomic E-state index is -4.71. The Morgan fingerprint density at radius 2 is 1.20 bits per heavy atom. The molecule has 3 aliphatic rings. The third-order valence-corrected chi connectivity index (χ3v) is 15.3. The summed E-state index contributed by atoms with van der Waals surface area (Å²) in [5.41, 5.74) is -3.19. The van der Waals surface area contributed by atoms with Gasteiger partial charge in [0.15, 0.2) is 75.8 Å². The monoisotopic (exact) mass is 1140 g/mol. The van der Waals surface area contributed by atoms with Gasteiger partial charge in [-0.1, -0.05) is 16.8 Å².